The molecule has 1 aromatic rings. The minimum absolute atomic E-state index is 0.213. The topological polar surface area (TPSA) is 62.0 Å². The zero-order chi connectivity index (χ0) is 12.7. The van der Waals surface area contributed by atoms with Gasteiger partial charge in [-0.2, -0.15) is 5.26 Å². The molecule has 0 saturated heterocycles. The third-order valence-electron chi connectivity index (χ3n) is 2.27. The normalized spacial score (nSPS) is 10.0. The number of nitriles is 1. The predicted octanol–water partition coefficient (Wildman–Crippen LogP) is 1.80. The average molecular weight is 255 g/mol. The molecule has 0 aliphatic rings. The highest BCUT2D eigenvalue weighted by atomic mass is 35.5. The Bertz CT molecular complexity index is 405. The minimum Gasteiger partial charge on any atom is -0.383 e. The SMILES string of the molecule is COCCN(CCC#N)c1nc(Cl)ncc1C. The van der Waals surface area contributed by atoms with Crippen molar-refractivity contribution in [2.75, 3.05) is 31.7 Å². The zero-order valence-electron chi connectivity index (χ0n) is 9.98. The number of anilines is 1. The van der Waals surface area contributed by atoms with Gasteiger partial charge < -0.3 is 9.64 Å². The summed E-state index contributed by atoms with van der Waals surface area (Å²) in [6, 6.07) is 2.12. The molecule has 1 aromatic heterocycles. The Morgan fingerprint density at radius 2 is 2.29 bits per heavy atom. The van der Waals surface area contributed by atoms with E-state index in [4.69, 9.17) is 21.6 Å². The first-order chi connectivity index (χ1) is 8.19. The molecule has 0 saturated carbocycles. The molecule has 1 rings (SSSR count). The smallest absolute Gasteiger partial charge is 0.224 e. The first kappa shape index (κ1) is 13.7. The molecular weight excluding hydrogens is 240 g/mol. The largest absolute Gasteiger partial charge is 0.383 e. The van der Waals surface area contributed by atoms with Crippen molar-refractivity contribution >= 4 is 17.4 Å². The van der Waals surface area contributed by atoms with Crippen LogP contribution in [-0.4, -0.2) is 36.8 Å². The highest BCUT2D eigenvalue weighted by Gasteiger charge is 2.11. The molecule has 0 spiro atoms. The summed E-state index contributed by atoms with van der Waals surface area (Å²) in [6.45, 7) is 3.77. The van der Waals surface area contributed by atoms with Gasteiger partial charge in [0, 0.05) is 32.0 Å². The van der Waals surface area contributed by atoms with Gasteiger partial charge in [-0.3, -0.25) is 0 Å². The molecule has 0 atom stereocenters. The standard InChI is InChI=1S/C11H15ClN4O/c1-9-8-14-11(12)15-10(9)16(5-3-4-13)6-7-17-2/h8H,3,5-7H2,1-2H3. The summed E-state index contributed by atoms with van der Waals surface area (Å²) in [4.78, 5) is 10.1. The molecule has 92 valence electrons. The van der Waals surface area contributed by atoms with Crippen molar-refractivity contribution in [2.45, 2.75) is 13.3 Å². The maximum atomic E-state index is 8.64. The van der Waals surface area contributed by atoms with Gasteiger partial charge in [0.2, 0.25) is 5.28 Å². The quantitative estimate of drug-likeness (QED) is 0.725. The van der Waals surface area contributed by atoms with Crippen LogP contribution in [0.1, 0.15) is 12.0 Å². The molecule has 0 radical (unpaired) electrons. The number of rotatable bonds is 6. The van der Waals surface area contributed by atoms with E-state index in [2.05, 4.69) is 16.0 Å². The monoisotopic (exact) mass is 254 g/mol. The second kappa shape index (κ2) is 7.05. The summed E-state index contributed by atoms with van der Waals surface area (Å²) >= 11 is 5.78. The van der Waals surface area contributed by atoms with Gasteiger partial charge in [-0.05, 0) is 18.5 Å². The molecule has 0 amide bonds. The second-order valence-electron chi connectivity index (χ2n) is 3.53. The van der Waals surface area contributed by atoms with Gasteiger partial charge in [-0.25, -0.2) is 9.97 Å². The molecule has 1 heterocycles. The third kappa shape index (κ3) is 4.17. The lowest BCUT2D eigenvalue weighted by Gasteiger charge is -2.23. The van der Waals surface area contributed by atoms with E-state index in [-0.39, 0.29) is 5.28 Å². The van der Waals surface area contributed by atoms with E-state index in [1.165, 1.54) is 0 Å². The van der Waals surface area contributed by atoms with Crippen molar-refractivity contribution in [2.24, 2.45) is 0 Å². The van der Waals surface area contributed by atoms with Crippen molar-refractivity contribution in [3.63, 3.8) is 0 Å². The Morgan fingerprint density at radius 3 is 2.94 bits per heavy atom. The highest BCUT2D eigenvalue weighted by molar-refractivity contribution is 6.28. The van der Waals surface area contributed by atoms with Crippen LogP contribution in [0.5, 0.6) is 0 Å². The van der Waals surface area contributed by atoms with Crippen LogP contribution in [-0.2, 0) is 4.74 Å². The molecule has 5 nitrogen and oxygen atoms in total. The van der Waals surface area contributed by atoms with E-state index >= 15 is 0 Å². The lowest BCUT2D eigenvalue weighted by atomic mass is 10.3. The maximum absolute atomic E-state index is 8.64. The fraction of sp³-hybridized carbons (Fsp3) is 0.545. The van der Waals surface area contributed by atoms with Gasteiger partial charge in [0.1, 0.15) is 5.82 Å². The van der Waals surface area contributed by atoms with Crippen LogP contribution in [0.3, 0.4) is 0 Å². The first-order valence-electron chi connectivity index (χ1n) is 5.29. The average Bonchev–Trinajstić information content (AvgIpc) is 2.33. The van der Waals surface area contributed by atoms with Crippen molar-refractivity contribution in [3.8, 4) is 6.07 Å². The van der Waals surface area contributed by atoms with Crippen molar-refractivity contribution < 1.29 is 4.74 Å². The van der Waals surface area contributed by atoms with E-state index in [0.717, 1.165) is 11.4 Å². The van der Waals surface area contributed by atoms with Gasteiger partial charge in [-0.15, -0.1) is 0 Å². The van der Waals surface area contributed by atoms with Gasteiger partial charge in [0.15, 0.2) is 0 Å². The molecule has 0 aliphatic heterocycles. The second-order valence-corrected chi connectivity index (χ2v) is 3.87. The van der Waals surface area contributed by atoms with Gasteiger partial charge in [0.25, 0.3) is 0 Å². The Hall–Kier alpha value is -1.38. The maximum Gasteiger partial charge on any atom is 0.224 e. The Kier molecular flexibility index (Phi) is 5.67. The Balaban J connectivity index is 2.86. The summed E-state index contributed by atoms with van der Waals surface area (Å²) in [6.07, 6.45) is 2.11. The molecule has 0 N–H and O–H groups in total. The van der Waals surface area contributed by atoms with E-state index in [1.54, 1.807) is 13.3 Å². The molecular formula is C11H15ClN4O. The van der Waals surface area contributed by atoms with E-state index in [1.807, 2.05) is 11.8 Å². The summed E-state index contributed by atoms with van der Waals surface area (Å²) in [7, 11) is 1.64. The number of hydrogen-bond acceptors (Lipinski definition) is 5. The summed E-state index contributed by atoms with van der Waals surface area (Å²) in [5, 5.41) is 8.86. The molecule has 17 heavy (non-hydrogen) atoms. The highest BCUT2D eigenvalue weighted by Crippen LogP contribution is 2.18. The van der Waals surface area contributed by atoms with Crippen LogP contribution >= 0.6 is 11.6 Å². The Labute approximate surface area is 106 Å². The summed E-state index contributed by atoms with van der Waals surface area (Å²) in [5.41, 5.74) is 0.934. The van der Waals surface area contributed by atoms with Crippen LogP contribution in [0.15, 0.2) is 6.20 Å². The summed E-state index contributed by atoms with van der Waals surface area (Å²) in [5.74, 6) is 0.761. The number of halogens is 1. The molecule has 0 fully saturated rings. The number of nitrogens with zero attached hydrogens (tertiary/aromatic N) is 4. The molecule has 0 bridgehead atoms. The summed E-state index contributed by atoms with van der Waals surface area (Å²) < 4.78 is 5.04. The zero-order valence-corrected chi connectivity index (χ0v) is 10.7. The van der Waals surface area contributed by atoms with Crippen molar-refractivity contribution in [1.29, 1.82) is 5.26 Å². The molecule has 0 aromatic carbocycles. The van der Waals surface area contributed by atoms with Crippen LogP contribution in [0.25, 0.3) is 0 Å². The number of hydrogen-bond donors (Lipinski definition) is 0. The lowest BCUT2D eigenvalue weighted by Crippen LogP contribution is -2.29. The van der Waals surface area contributed by atoms with Crippen LogP contribution in [0.4, 0.5) is 5.82 Å². The third-order valence-corrected chi connectivity index (χ3v) is 2.46. The van der Waals surface area contributed by atoms with Crippen LogP contribution in [0.2, 0.25) is 5.28 Å². The minimum atomic E-state index is 0.213. The van der Waals surface area contributed by atoms with E-state index < -0.39 is 0 Å². The van der Waals surface area contributed by atoms with E-state index in [0.29, 0.717) is 26.1 Å². The van der Waals surface area contributed by atoms with E-state index in [9.17, 15) is 0 Å². The van der Waals surface area contributed by atoms with Crippen molar-refractivity contribution in [3.05, 3.63) is 17.0 Å². The van der Waals surface area contributed by atoms with Crippen LogP contribution < -0.4 is 4.90 Å². The fourth-order valence-corrected chi connectivity index (χ4v) is 1.57. The van der Waals surface area contributed by atoms with Crippen LogP contribution in [0, 0.1) is 18.3 Å². The molecule has 0 unspecified atom stereocenters. The van der Waals surface area contributed by atoms with Gasteiger partial charge >= 0.3 is 0 Å². The first-order valence-corrected chi connectivity index (χ1v) is 5.66. The molecule has 0 aliphatic carbocycles. The van der Waals surface area contributed by atoms with Crippen molar-refractivity contribution in [1.82, 2.24) is 9.97 Å². The Morgan fingerprint density at radius 1 is 1.53 bits per heavy atom. The number of aromatic nitrogens is 2. The van der Waals surface area contributed by atoms with Gasteiger partial charge in [0.05, 0.1) is 19.1 Å². The van der Waals surface area contributed by atoms with Gasteiger partial charge in [-0.1, -0.05) is 0 Å². The number of ether oxygens (including phenoxy) is 1. The number of methoxy groups -OCH3 is 1. The fourth-order valence-electron chi connectivity index (χ4n) is 1.44. The number of aryl methyl sites for hydroxylation is 1. The predicted molar refractivity (Wildman–Crippen MR) is 66.1 cm³/mol. The lowest BCUT2D eigenvalue weighted by molar-refractivity contribution is 0.205. The molecule has 6 heteroatoms.